The molecule has 1 aliphatic rings. The number of amides is 1. The largest absolute Gasteiger partial charge is 0.480 e. The number of ether oxygens (including phenoxy) is 2. The maximum absolute atomic E-state index is 11.5. The van der Waals surface area contributed by atoms with E-state index in [-0.39, 0.29) is 12.0 Å². The summed E-state index contributed by atoms with van der Waals surface area (Å²) in [4.78, 5) is 22.4. The molecule has 0 aromatic rings. The first-order valence-electron chi connectivity index (χ1n) is 5.78. The van der Waals surface area contributed by atoms with Gasteiger partial charge in [-0.2, -0.15) is 0 Å². The van der Waals surface area contributed by atoms with Crippen LogP contribution in [-0.2, 0) is 14.3 Å². The van der Waals surface area contributed by atoms with Gasteiger partial charge in [-0.3, -0.25) is 0 Å². The van der Waals surface area contributed by atoms with E-state index in [0.717, 1.165) is 0 Å². The van der Waals surface area contributed by atoms with Crippen LogP contribution in [0, 0.1) is 5.92 Å². The summed E-state index contributed by atoms with van der Waals surface area (Å²) in [7, 11) is 0. The van der Waals surface area contributed by atoms with Gasteiger partial charge < -0.3 is 19.9 Å². The predicted octanol–water partition coefficient (Wildman–Crippen LogP) is 1.00. The lowest BCUT2D eigenvalue weighted by atomic mass is 10.1. The van der Waals surface area contributed by atoms with Crippen LogP contribution < -0.4 is 5.32 Å². The van der Waals surface area contributed by atoms with Crippen molar-refractivity contribution in [2.24, 2.45) is 5.92 Å². The maximum atomic E-state index is 11.5. The van der Waals surface area contributed by atoms with E-state index in [1.807, 2.05) is 0 Å². The minimum atomic E-state index is -1.05. The van der Waals surface area contributed by atoms with Gasteiger partial charge >= 0.3 is 12.1 Å². The fourth-order valence-electron chi connectivity index (χ4n) is 1.62. The standard InChI is InChI=1S/C11H19NO5/c1-7(2)9(10(13)14)12-11(15)17-8-3-5-16-6-4-8/h7-9H,3-6H2,1-2H3,(H,12,15)(H,13,14). The number of hydrogen-bond donors (Lipinski definition) is 2. The van der Waals surface area contributed by atoms with Gasteiger partial charge in [-0.25, -0.2) is 9.59 Å². The van der Waals surface area contributed by atoms with Gasteiger partial charge in [0.1, 0.15) is 12.1 Å². The molecule has 98 valence electrons. The van der Waals surface area contributed by atoms with E-state index in [1.165, 1.54) is 0 Å². The molecule has 6 heteroatoms. The Labute approximate surface area is 100 Å². The molecule has 6 nitrogen and oxygen atoms in total. The van der Waals surface area contributed by atoms with Crippen LogP contribution in [0.2, 0.25) is 0 Å². The summed E-state index contributed by atoms with van der Waals surface area (Å²) >= 11 is 0. The molecule has 0 aliphatic carbocycles. The van der Waals surface area contributed by atoms with Crippen molar-refractivity contribution in [1.82, 2.24) is 5.32 Å². The zero-order chi connectivity index (χ0) is 12.8. The molecular weight excluding hydrogens is 226 g/mol. The first kappa shape index (κ1) is 13.8. The summed E-state index contributed by atoms with van der Waals surface area (Å²) in [6, 6.07) is -0.914. The monoisotopic (exact) mass is 245 g/mol. The molecule has 1 rings (SSSR count). The second-order valence-corrected chi connectivity index (χ2v) is 4.42. The molecule has 17 heavy (non-hydrogen) atoms. The summed E-state index contributed by atoms with van der Waals surface area (Å²) in [5.74, 6) is -1.24. The van der Waals surface area contributed by atoms with Gasteiger partial charge in [0.25, 0.3) is 0 Å². The molecule has 0 spiro atoms. The minimum absolute atomic E-state index is 0.176. The summed E-state index contributed by atoms with van der Waals surface area (Å²) in [6.45, 7) is 4.61. The first-order chi connectivity index (χ1) is 8.00. The minimum Gasteiger partial charge on any atom is -0.480 e. The predicted molar refractivity (Wildman–Crippen MR) is 59.7 cm³/mol. The van der Waals surface area contributed by atoms with E-state index < -0.39 is 18.1 Å². The molecule has 0 saturated carbocycles. The van der Waals surface area contributed by atoms with Gasteiger partial charge in [0.2, 0.25) is 0 Å². The molecule has 0 aromatic heterocycles. The molecule has 2 N–H and O–H groups in total. The van der Waals surface area contributed by atoms with E-state index >= 15 is 0 Å². The number of carbonyl (C=O) groups is 2. The van der Waals surface area contributed by atoms with E-state index in [0.29, 0.717) is 26.1 Å². The third-order valence-corrected chi connectivity index (χ3v) is 2.65. The number of nitrogens with one attached hydrogen (secondary N) is 1. The highest BCUT2D eigenvalue weighted by Crippen LogP contribution is 2.11. The van der Waals surface area contributed by atoms with Crippen LogP contribution in [-0.4, -0.2) is 42.5 Å². The maximum Gasteiger partial charge on any atom is 0.408 e. The van der Waals surface area contributed by atoms with E-state index in [9.17, 15) is 9.59 Å². The summed E-state index contributed by atoms with van der Waals surface area (Å²) < 4.78 is 10.3. The van der Waals surface area contributed by atoms with Crippen LogP contribution in [0.4, 0.5) is 4.79 Å². The molecule has 1 heterocycles. The lowest BCUT2D eigenvalue weighted by Gasteiger charge is -2.24. The fourth-order valence-corrected chi connectivity index (χ4v) is 1.62. The number of rotatable bonds is 4. The second kappa shape index (κ2) is 6.44. The summed E-state index contributed by atoms with van der Waals surface area (Å²) in [5.41, 5.74) is 0. The number of hydrogen-bond acceptors (Lipinski definition) is 4. The zero-order valence-electron chi connectivity index (χ0n) is 10.1. The molecule has 1 saturated heterocycles. The van der Waals surface area contributed by atoms with Crippen LogP contribution in [0.3, 0.4) is 0 Å². The van der Waals surface area contributed by atoms with Gasteiger partial charge in [-0.15, -0.1) is 0 Å². The first-order valence-corrected chi connectivity index (χ1v) is 5.78. The van der Waals surface area contributed by atoms with Crippen molar-refractivity contribution in [3.63, 3.8) is 0 Å². The van der Waals surface area contributed by atoms with Crippen molar-refractivity contribution in [1.29, 1.82) is 0 Å². The van der Waals surface area contributed by atoms with Crippen molar-refractivity contribution < 1.29 is 24.2 Å². The van der Waals surface area contributed by atoms with Gasteiger partial charge in [0.15, 0.2) is 0 Å². The average Bonchev–Trinajstić information content (AvgIpc) is 2.26. The normalized spacial score (nSPS) is 18.8. The van der Waals surface area contributed by atoms with Crippen molar-refractivity contribution in [2.45, 2.75) is 38.8 Å². The average molecular weight is 245 g/mol. The topological polar surface area (TPSA) is 84.9 Å². The third-order valence-electron chi connectivity index (χ3n) is 2.65. The lowest BCUT2D eigenvalue weighted by molar-refractivity contribution is -0.140. The van der Waals surface area contributed by atoms with E-state index in [4.69, 9.17) is 14.6 Å². The highest BCUT2D eigenvalue weighted by molar-refractivity contribution is 5.80. The Hall–Kier alpha value is -1.30. The Morgan fingerprint density at radius 1 is 1.35 bits per heavy atom. The van der Waals surface area contributed by atoms with E-state index in [2.05, 4.69) is 5.32 Å². The Morgan fingerprint density at radius 2 is 1.94 bits per heavy atom. The van der Waals surface area contributed by atoms with Crippen molar-refractivity contribution in [3.8, 4) is 0 Å². The Morgan fingerprint density at radius 3 is 2.41 bits per heavy atom. The second-order valence-electron chi connectivity index (χ2n) is 4.42. The van der Waals surface area contributed by atoms with Crippen LogP contribution in [0.15, 0.2) is 0 Å². The van der Waals surface area contributed by atoms with Crippen LogP contribution in [0.5, 0.6) is 0 Å². The lowest BCUT2D eigenvalue weighted by Crippen LogP contribution is -2.45. The van der Waals surface area contributed by atoms with Gasteiger partial charge in [0.05, 0.1) is 13.2 Å². The van der Waals surface area contributed by atoms with E-state index in [1.54, 1.807) is 13.8 Å². The van der Waals surface area contributed by atoms with Gasteiger partial charge in [-0.05, 0) is 5.92 Å². The molecule has 1 atom stereocenters. The number of carboxylic acids is 1. The Kier molecular flexibility index (Phi) is 5.21. The Bertz CT molecular complexity index is 273. The molecular formula is C11H19NO5. The number of alkyl carbamates (subject to hydrolysis) is 1. The molecule has 1 aliphatic heterocycles. The van der Waals surface area contributed by atoms with Crippen molar-refractivity contribution >= 4 is 12.1 Å². The fraction of sp³-hybridized carbons (Fsp3) is 0.818. The smallest absolute Gasteiger partial charge is 0.408 e. The third kappa shape index (κ3) is 4.60. The molecule has 1 amide bonds. The molecule has 1 unspecified atom stereocenters. The molecule has 0 bridgehead atoms. The molecule has 0 aromatic carbocycles. The Balaban J connectivity index is 2.38. The summed E-state index contributed by atoms with van der Waals surface area (Å²) in [6.07, 6.45) is 0.475. The number of aliphatic carboxylic acids is 1. The quantitative estimate of drug-likeness (QED) is 0.771. The van der Waals surface area contributed by atoms with Gasteiger partial charge in [-0.1, -0.05) is 13.8 Å². The number of carbonyl (C=O) groups excluding carboxylic acids is 1. The number of carboxylic acid groups (broad SMARTS) is 1. The van der Waals surface area contributed by atoms with Crippen molar-refractivity contribution in [2.75, 3.05) is 13.2 Å². The van der Waals surface area contributed by atoms with Crippen LogP contribution >= 0.6 is 0 Å². The van der Waals surface area contributed by atoms with Crippen molar-refractivity contribution in [3.05, 3.63) is 0 Å². The SMILES string of the molecule is CC(C)C(NC(=O)OC1CCOCC1)C(=O)O. The van der Waals surface area contributed by atoms with Gasteiger partial charge in [0, 0.05) is 12.8 Å². The summed E-state index contributed by atoms with van der Waals surface area (Å²) in [5, 5.41) is 11.3. The van der Waals surface area contributed by atoms with Crippen LogP contribution in [0.25, 0.3) is 0 Å². The zero-order valence-corrected chi connectivity index (χ0v) is 10.1. The molecule has 0 radical (unpaired) electrons. The highest BCUT2D eigenvalue weighted by atomic mass is 16.6. The molecule has 1 fully saturated rings. The van der Waals surface area contributed by atoms with Crippen LogP contribution in [0.1, 0.15) is 26.7 Å². The highest BCUT2D eigenvalue weighted by Gasteiger charge is 2.26.